The summed E-state index contributed by atoms with van der Waals surface area (Å²) in [6.07, 6.45) is 2.60. The molecular weight excluding hydrogens is 475 g/mol. The van der Waals surface area contributed by atoms with Crippen LogP contribution in [-0.4, -0.2) is 52.9 Å². The minimum atomic E-state index is -0.961. The maximum absolute atomic E-state index is 14.0. The molecule has 0 aliphatic carbocycles. The molecule has 0 spiro atoms. The number of thioether (sulfide) groups is 1. The van der Waals surface area contributed by atoms with Crippen LogP contribution in [0.4, 0.5) is 9.18 Å². The molecule has 35 heavy (non-hydrogen) atoms. The van der Waals surface area contributed by atoms with Crippen molar-refractivity contribution in [3.8, 4) is 5.75 Å². The largest absolute Gasteiger partial charge is 0.458 e. The van der Waals surface area contributed by atoms with Crippen LogP contribution in [-0.2, 0) is 14.3 Å². The number of esters is 1. The number of halogens is 1. The highest BCUT2D eigenvalue weighted by atomic mass is 32.2. The second-order valence-electron chi connectivity index (χ2n) is 9.55. The first-order valence-electron chi connectivity index (χ1n) is 11.5. The van der Waals surface area contributed by atoms with Crippen LogP contribution in [0.1, 0.15) is 53.0 Å². The molecule has 2 amide bonds. The van der Waals surface area contributed by atoms with Crippen LogP contribution >= 0.6 is 11.8 Å². The van der Waals surface area contributed by atoms with E-state index in [2.05, 4.69) is 15.7 Å². The molecule has 2 N–H and O–H groups in total. The summed E-state index contributed by atoms with van der Waals surface area (Å²) >= 11 is 1.19. The fourth-order valence-corrected chi connectivity index (χ4v) is 4.25. The molecule has 0 radical (unpaired) electrons. The Balaban J connectivity index is 1.74. The third-order valence-corrected chi connectivity index (χ3v) is 6.02. The van der Waals surface area contributed by atoms with Gasteiger partial charge < -0.3 is 14.8 Å². The molecule has 0 saturated carbocycles. The van der Waals surface area contributed by atoms with Crippen molar-refractivity contribution in [2.75, 3.05) is 13.1 Å². The molecule has 190 valence electrons. The second kappa shape index (κ2) is 11.2. The third kappa shape index (κ3) is 7.53. The van der Waals surface area contributed by atoms with E-state index in [9.17, 15) is 18.8 Å². The van der Waals surface area contributed by atoms with Gasteiger partial charge in [0.25, 0.3) is 5.91 Å². The summed E-state index contributed by atoms with van der Waals surface area (Å²) in [4.78, 5) is 42.0. The van der Waals surface area contributed by atoms with Crippen molar-refractivity contribution in [2.24, 2.45) is 10.9 Å². The molecule has 1 saturated heterocycles. The number of carbonyl (C=O) groups excluding carboxylic acids is 3. The zero-order valence-electron chi connectivity index (χ0n) is 20.5. The van der Waals surface area contributed by atoms with Gasteiger partial charge in [0.15, 0.2) is 5.17 Å². The first kappa shape index (κ1) is 26.7. The van der Waals surface area contributed by atoms with E-state index in [0.717, 1.165) is 32.0 Å². The molecule has 1 aromatic carbocycles. The van der Waals surface area contributed by atoms with Gasteiger partial charge >= 0.3 is 12.1 Å². The van der Waals surface area contributed by atoms with Gasteiger partial charge in [-0.05, 0) is 69.5 Å². The summed E-state index contributed by atoms with van der Waals surface area (Å²) in [7, 11) is 0. The van der Waals surface area contributed by atoms with E-state index in [1.54, 1.807) is 34.6 Å². The Bertz CT molecular complexity index is 1040. The molecule has 2 heterocycles. The van der Waals surface area contributed by atoms with Crippen LogP contribution in [0.2, 0.25) is 0 Å². The number of amides is 2. The highest BCUT2D eigenvalue weighted by Crippen LogP contribution is 2.33. The van der Waals surface area contributed by atoms with Gasteiger partial charge in [-0.3, -0.25) is 9.80 Å². The second-order valence-corrected chi connectivity index (χ2v) is 10.6. The Morgan fingerprint density at radius 1 is 1.29 bits per heavy atom. The summed E-state index contributed by atoms with van der Waals surface area (Å²) < 4.78 is 24.7. The number of hydrogen-bond donors (Lipinski definition) is 2. The van der Waals surface area contributed by atoms with Gasteiger partial charge in [-0.25, -0.2) is 19.4 Å². The van der Waals surface area contributed by atoms with Gasteiger partial charge in [-0.15, -0.1) is 0 Å². The fraction of sp³-hybridized carbons (Fsp3) is 0.500. The molecule has 2 aliphatic rings. The summed E-state index contributed by atoms with van der Waals surface area (Å²) in [5.41, 5.74) is 2.79. The summed E-state index contributed by atoms with van der Waals surface area (Å²) in [6.45, 7) is 10.2. The summed E-state index contributed by atoms with van der Waals surface area (Å²) in [5.74, 6) is -2.03. The van der Waals surface area contributed by atoms with Crippen molar-refractivity contribution in [1.82, 2.24) is 15.8 Å². The number of aliphatic imine (C=N–C) groups is 1. The number of ether oxygens (including phenoxy) is 2. The van der Waals surface area contributed by atoms with Crippen LogP contribution < -0.4 is 15.5 Å². The van der Waals surface area contributed by atoms with Crippen LogP contribution in [0.25, 0.3) is 6.08 Å². The SMILES string of the molecule is CC(C)[C@H](NC(=O)Oc1cc(F)ccc1/C=C1/SC(N2CCCCN2)=NC1=O)C(=O)OC(C)(C)C. The van der Waals surface area contributed by atoms with E-state index in [-0.39, 0.29) is 11.7 Å². The van der Waals surface area contributed by atoms with Gasteiger partial charge in [-0.2, -0.15) is 4.99 Å². The Morgan fingerprint density at radius 2 is 2.03 bits per heavy atom. The Kier molecular flexibility index (Phi) is 8.55. The van der Waals surface area contributed by atoms with Crippen LogP contribution in [0, 0.1) is 11.7 Å². The lowest BCUT2D eigenvalue weighted by Crippen LogP contribution is -2.48. The molecule has 0 unspecified atom stereocenters. The Morgan fingerprint density at radius 3 is 2.66 bits per heavy atom. The zero-order chi connectivity index (χ0) is 25.8. The van der Waals surface area contributed by atoms with Gasteiger partial charge in [0.2, 0.25) is 0 Å². The Labute approximate surface area is 208 Å². The van der Waals surface area contributed by atoms with Crippen LogP contribution in [0.3, 0.4) is 0 Å². The van der Waals surface area contributed by atoms with Crippen molar-refractivity contribution in [1.29, 1.82) is 0 Å². The molecule has 1 aromatic rings. The maximum atomic E-state index is 14.0. The Hall–Kier alpha value is -2.92. The van der Waals surface area contributed by atoms with Gasteiger partial charge in [0.1, 0.15) is 23.2 Å². The topological polar surface area (TPSA) is 109 Å². The highest BCUT2D eigenvalue weighted by molar-refractivity contribution is 8.18. The van der Waals surface area contributed by atoms with E-state index in [0.29, 0.717) is 15.6 Å². The number of rotatable bonds is 5. The number of amidine groups is 1. The van der Waals surface area contributed by atoms with Crippen LogP contribution in [0.15, 0.2) is 28.1 Å². The number of nitrogens with one attached hydrogen (secondary N) is 2. The maximum Gasteiger partial charge on any atom is 0.413 e. The molecule has 1 fully saturated rings. The molecule has 0 bridgehead atoms. The first-order valence-corrected chi connectivity index (χ1v) is 12.3. The number of benzene rings is 1. The average Bonchev–Trinajstić information content (AvgIpc) is 3.13. The van der Waals surface area contributed by atoms with E-state index < -0.39 is 35.4 Å². The van der Waals surface area contributed by atoms with Crippen molar-refractivity contribution >= 4 is 41.0 Å². The first-order chi connectivity index (χ1) is 16.4. The van der Waals surface area contributed by atoms with E-state index >= 15 is 0 Å². The lowest BCUT2D eigenvalue weighted by molar-refractivity contribution is -0.158. The molecule has 3 rings (SSSR count). The van der Waals surface area contributed by atoms with Crippen molar-refractivity contribution < 1.29 is 28.2 Å². The lowest BCUT2D eigenvalue weighted by atomic mass is 10.0. The summed E-state index contributed by atoms with van der Waals surface area (Å²) in [5, 5.41) is 4.88. The number of nitrogens with zero attached hydrogens (tertiary/aromatic N) is 2. The minimum absolute atomic E-state index is 0.0976. The van der Waals surface area contributed by atoms with Gasteiger partial charge in [-0.1, -0.05) is 13.8 Å². The van der Waals surface area contributed by atoms with Crippen molar-refractivity contribution in [3.05, 3.63) is 34.5 Å². The standard InChI is InChI=1S/C24H31FN4O5S/c1-14(2)19(21(31)34-24(3,4)5)27-23(32)33-17-13-16(25)9-8-15(17)12-18-20(30)28-22(35-18)29-11-7-6-10-26-29/h8-9,12-14,19,26H,6-7,10-11H2,1-5H3,(H,27,32)/b18-12+/t19-/m0/s1. The molecular formula is C24H31FN4O5S. The average molecular weight is 507 g/mol. The molecule has 2 aliphatic heterocycles. The highest BCUT2D eigenvalue weighted by Gasteiger charge is 2.31. The number of carbonyl (C=O) groups is 3. The quantitative estimate of drug-likeness (QED) is 0.458. The van der Waals surface area contributed by atoms with Gasteiger partial charge in [0, 0.05) is 24.7 Å². The van der Waals surface area contributed by atoms with Crippen molar-refractivity contribution in [2.45, 2.75) is 59.1 Å². The number of hydrogen-bond acceptors (Lipinski definition) is 8. The minimum Gasteiger partial charge on any atom is -0.458 e. The van der Waals surface area contributed by atoms with Crippen LogP contribution in [0.5, 0.6) is 5.75 Å². The summed E-state index contributed by atoms with van der Waals surface area (Å²) in [6, 6.07) is 2.69. The van der Waals surface area contributed by atoms with E-state index in [1.165, 1.54) is 30.0 Å². The smallest absolute Gasteiger partial charge is 0.413 e. The van der Waals surface area contributed by atoms with E-state index in [1.807, 2.05) is 5.01 Å². The zero-order valence-corrected chi connectivity index (χ0v) is 21.3. The third-order valence-electron chi connectivity index (χ3n) is 5.02. The normalized spacial score (nSPS) is 18.5. The molecule has 9 nitrogen and oxygen atoms in total. The molecule has 0 aromatic heterocycles. The van der Waals surface area contributed by atoms with E-state index in [4.69, 9.17) is 9.47 Å². The molecule has 11 heteroatoms. The fourth-order valence-electron chi connectivity index (χ4n) is 3.34. The number of hydrazine groups is 1. The van der Waals surface area contributed by atoms with Gasteiger partial charge in [0.05, 0.1) is 4.91 Å². The van der Waals surface area contributed by atoms with Crippen molar-refractivity contribution in [3.63, 3.8) is 0 Å². The molecule has 1 atom stereocenters. The lowest BCUT2D eigenvalue weighted by Gasteiger charge is -2.28. The monoisotopic (exact) mass is 506 g/mol. The predicted octanol–water partition coefficient (Wildman–Crippen LogP) is 3.85. The predicted molar refractivity (Wildman–Crippen MR) is 132 cm³/mol.